The Morgan fingerprint density at radius 3 is 2.34 bits per heavy atom. The van der Waals surface area contributed by atoms with Crippen LogP contribution in [0.1, 0.15) is 68.5 Å². The van der Waals surface area contributed by atoms with Gasteiger partial charge >= 0.3 is 0 Å². The minimum absolute atomic E-state index is 0. The van der Waals surface area contributed by atoms with Gasteiger partial charge in [0.05, 0.1) is 35.9 Å². The SMILES string of the molecule is C.CC[C@H](CO)Nc1nc(NCc2ccccc2O)c2ncn(C(C)C)c2n1.Cc1ccc(N=Nc2c(O)[nH]c3cc(Br)ccc23)cc1.Cc1ccc2[nH]c3c(c2c1)CC(=O)Cc1ccccc1-3. The Balaban J connectivity index is 0.000000152. The number of anilines is 2. The van der Waals surface area contributed by atoms with Crippen molar-refractivity contribution >= 4 is 77.8 Å². The van der Waals surface area contributed by atoms with Crippen LogP contribution in [0.2, 0.25) is 0 Å². The van der Waals surface area contributed by atoms with Gasteiger partial charge < -0.3 is 40.5 Å². The predicted molar refractivity (Wildman–Crippen MR) is 277 cm³/mol. The number of H-pyrrole nitrogens is 2. The highest BCUT2D eigenvalue weighted by Crippen LogP contribution is 2.38. The van der Waals surface area contributed by atoms with Crippen LogP contribution in [-0.2, 0) is 24.2 Å². The summed E-state index contributed by atoms with van der Waals surface area (Å²) in [5.74, 6) is 1.56. The third kappa shape index (κ3) is 10.9. The molecule has 4 heterocycles. The number of aryl methyl sites for hydroxylation is 2. The quantitative estimate of drug-likeness (QED) is 0.0651. The summed E-state index contributed by atoms with van der Waals surface area (Å²) in [7, 11) is 0. The van der Waals surface area contributed by atoms with Crippen LogP contribution in [0, 0.1) is 13.8 Å². The number of aromatic nitrogens is 6. The third-order valence-electron chi connectivity index (χ3n) is 11.6. The van der Waals surface area contributed by atoms with E-state index in [0.717, 1.165) is 61.0 Å². The van der Waals surface area contributed by atoms with Crippen LogP contribution in [-0.4, -0.2) is 63.2 Å². The molecule has 0 spiro atoms. The minimum Gasteiger partial charge on any atom is -0.508 e. The number of hydrogen-bond donors (Lipinski definition) is 7. The fourth-order valence-corrected chi connectivity index (χ4v) is 8.27. The van der Waals surface area contributed by atoms with E-state index in [1.54, 1.807) is 18.5 Å². The number of carbonyl (C=O) groups is 1. The number of aliphatic hydroxyl groups is 1. The van der Waals surface area contributed by atoms with Crippen LogP contribution < -0.4 is 10.6 Å². The summed E-state index contributed by atoms with van der Waals surface area (Å²) < 4.78 is 2.92. The number of phenols is 1. The van der Waals surface area contributed by atoms with Crippen molar-refractivity contribution in [3.63, 3.8) is 0 Å². The molecule has 0 aliphatic heterocycles. The monoisotopic (exact) mass is 976 g/mol. The Hall–Kier alpha value is -7.36. The summed E-state index contributed by atoms with van der Waals surface area (Å²) in [5, 5.41) is 46.1. The number of aromatic amines is 2. The van der Waals surface area contributed by atoms with E-state index < -0.39 is 0 Å². The van der Waals surface area contributed by atoms with Crippen LogP contribution >= 0.6 is 15.9 Å². The van der Waals surface area contributed by atoms with Gasteiger partial charge in [0.25, 0.3) is 0 Å². The van der Waals surface area contributed by atoms with Gasteiger partial charge in [-0.1, -0.05) is 102 Å². The van der Waals surface area contributed by atoms with E-state index in [1.165, 1.54) is 22.1 Å². The Labute approximate surface area is 403 Å². The average molecular weight is 978 g/mol. The summed E-state index contributed by atoms with van der Waals surface area (Å²) in [5.41, 5.74) is 12.2. The first-order valence-electron chi connectivity index (χ1n) is 22.2. The molecule has 10 rings (SSSR count). The summed E-state index contributed by atoms with van der Waals surface area (Å²) in [6, 6.07) is 35.2. The molecular weight excluding hydrogens is 921 g/mol. The van der Waals surface area contributed by atoms with Crippen LogP contribution in [0.5, 0.6) is 11.6 Å². The molecule has 1 aliphatic rings. The number of fused-ring (bicyclic) bond motifs is 7. The first kappa shape index (κ1) is 48.6. The number of nitrogens with one attached hydrogen (secondary N) is 4. The summed E-state index contributed by atoms with van der Waals surface area (Å²) >= 11 is 3.39. The molecular formula is C53H57BrN10O4. The molecule has 350 valence electrons. The maximum atomic E-state index is 12.2. The van der Waals surface area contributed by atoms with Crippen LogP contribution in [0.4, 0.5) is 23.1 Å². The highest BCUT2D eigenvalue weighted by atomic mass is 79.9. The molecule has 0 radical (unpaired) electrons. The lowest BCUT2D eigenvalue weighted by atomic mass is 10.0. The second-order valence-electron chi connectivity index (χ2n) is 16.9. The highest BCUT2D eigenvalue weighted by molar-refractivity contribution is 9.10. The summed E-state index contributed by atoms with van der Waals surface area (Å²) in [6.07, 6.45) is 3.56. The number of halogens is 1. The molecule has 0 saturated heterocycles. The molecule has 5 aromatic carbocycles. The lowest BCUT2D eigenvalue weighted by Crippen LogP contribution is -2.24. The molecule has 0 fully saturated rings. The summed E-state index contributed by atoms with van der Waals surface area (Å²) in [6.45, 7) is 10.6. The molecule has 0 amide bonds. The van der Waals surface area contributed by atoms with Gasteiger partial charge in [0.2, 0.25) is 11.8 Å². The molecule has 68 heavy (non-hydrogen) atoms. The van der Waals surface area contributed by atoms with Crippen molar-refractivity contribution in [3.05, 3.63) is 148 Å². The van der Waals surface area contributed by atoms with E-state index in [9.17, 15) is 20.1 Å². The van der Waals surface area contributed by atoms with Crippen molar-refractivity contribution < 1.29 is 20.1 Å². The van der Waals surface area contributed by atoms with Crippen LogP contribution in [0.3, 0.4) is 0 Å². The number of para-hydroxylation sites is 1. The van der Waals surface area contributed by atoms with Crippen molar-refractivity contribution in [1.82, 2.24) is 29.5 Å². The fraction of sp³-hybridized carbons (Fsp3) is 0.245. The number of benzene rings is 5. The first-order valence-corrected chi connectivity index (χ1v) is 23.0. The van der Waals surface area contributed by atoms with Crippen molar-refractivity contribution in [1.29, 1.82) is 0 Å². The van der Waals surface area contributed by atoms with E-state index in [4.69, 9.17) is 0 Å². The van der Waals surface area contributed by atoms with E-state index in [2.05, 4.69) is 113 Å². The number of azo groups is 1. The van der Waals surface area contributed by atoms with Gasteiger partial charge in [-0.2, -0.15) is 15.1 Å². The molecule has 15 heteroatoms. The molecule has 9 aromatic rings. The van der Waals surface area contributed by atoms with Crippen LogP contribution in [0.25, 0.3) is 44.2 Å². The van der Waals surface area contributed by atoms with Crippen LogP contribution in [0.15, 0.2) is 130 Å². The van der Waals surface area contributed by atoms with Gasteiger partial charge in [-0.15, -0.1) is 5.11 Å². The van der Waals surface area contributed by atoms with E-state index in [0.29, 0.717) is 48.1 Å². The highest BCUT2D eigenvalue weighted by Gasteiger charge is 2.23. The average Bonchev–Trinajstić information content (AvgIpc) is 3.97. The molecule has 1 atom stereocenters. The number of hydrogen-bond acceptors (Lipinski definition) is 11. The number of aliphatic hydroxyl groups excluding tert-OH is 1. The van der Waals surface area contributed by atoms with Crippen molar-refractivity contribution in [2.45, 2.75) is 79.9 Å². The number of carbonyl (C=O) groups excluding carboxylic acids is 1. The number of nitrogens with zero attached hydrogens (tertiary/aromatic N) is 6. The number of phenolic OH excluding ortho intramolecular Hbond substituents is 1. The van der Waals surface area contributed by atoms with Gasteiger partial charge in [0, 0.05) is 57.3 Å². The third-order valence-corrected chi connectivity index (χ3v) is 12.1. The second-order valence-corrected chi connectivity index (χ2v) is 17.8. The zero-order valence-electron chi connectivity index (χ0n) is 38.0. The number of Topliss-reactive ketones (excluding diaryl/α,β-unsaturated/α-hetero) is 1. The molecule has 0 saturated carbocycles. The van der Waals surface area contributed by atoms with Gasteiger partial charge in [0.15, 0.2) is 22.7 Å². The smallest absolute Gasteiger partial charge is 0.227 e. The number of ketones is 1. The van der Waals surface area contributed by atoms with Gasteiger partial charge in [-0.25, -0.2) is 4.98 Å². The maximum absolute atomic E-state index is 12.2. The largest absolute Gasteiger partial charge is 0.508 e. The van der Waals surface area contributed by atoms with E-state index >= 15 is 0 Å². The van der Waals surface area contributed by atoms with Crippen molar-refractivity contribution in [2.24, 2.45) is 10.2 Å². The molecule has 0 unspecified atom stereocenters. The molecule has 1 aliphatic carbocycles. The summed E-state index contributed by atoms with van der Waals surface area (Å²) in [4.78, 5) is 32.2. The number of imidazole rings is 1. The van der Waals surface area contributed by atoms with Gasteiger partial charge in [-0.3, -0.25) is 4.79 Å². The molecule has 14 nitrogen and oxygen atoms in total. The van der Waals surface area contributed by atoms with Gasteiger partial charge in [0.1, 0.15) is 11.5 Å². The Bertz CT molecular complexity index is 3220. The minimum atomic E-state index is -0.121. The topological polar surface area (TPSA) is 202 Å². The lowest BCUT2D eigenvalue weighted by Gasteiger charge is -2.16. The molecule has 0 bridgehead atoms. The molecule has 7 N–H and O–H groups in total. The lowest BCUT2D eigenvalue weighted by molar-refractivity contribution is -0.117. The standard InChI is InChI=1S/C19H26N6O2.C18H15NO.C15H12BrN3O.CH4/c1-4-14(10-26)22-19-23-17(20-9-13-7-5-6-8-15(13)27)16-18(24-19)25(11-21-16)12(2)3;1-11-6-7-17-15(8-11)16-10-13(20)9-12-4-2-3-5-14(12)18(16)19-17;1-9-2-5-11(6-3-9)18-19-14-12-7-4-10(16)8-13(12)17-15(14)20;/h5-8,11-12,14,26-27H,4,9-10H2,1-3H3,(H2,20,22,23,24);2-8,19H,9-10H2,1H3;2-8,17,20H,1H3;1H4/t14-;;;/m1.../s1. The van der Waals surface area contributed by atoms with Crippen molar-refractivity contribution in [3.8, 4) is 22.9 Å². The van der Waals surface area contributed by atoms with E-state index in [1.807, 2.05) is 85.1 Å². The number of aromatic hydroxyl groups is 2. The molecule has 4 aromatic heterocycles. The maximum Gasteiger partial charge on any atom is 0.227 e. The predicted octanol–water partition coefficient (Wildman–Crippen LogP) is 12.7. The van der Waals surface area contributed by atoms with Crippen molar-refractivity contribution in [2.75, 3.05) is 17.2 Å². The van der Waals surface area contributed by atoms with E-state index in [-0.39, 0.29) is 37.7 Å². The van der Waals surface area contributed by atoms with Gasteiger partial charge in [-0.05, 0) is 93.8 Å². The Morgan fingerprint density at radius 1 is 0.838 bits per heavy atom. The first-order chi connectivity index (χ1) is 32.4. The second kappa shape index (κ2) is 21.5. The zero-order valence-corrected chi connectivity index (χ0v) is 39.6. The Morgan fingerprint density at radius 2 is 1.59 bits per heavy atom. The zero-order chi connectivity index (χ0) is 47.2. The number of rotatable bonds is 10. The fourth-order valence-electron chi connectivity index (χ4n) is 7.91. The Kier molecular flexibility index (Phi) is 15.4. The normalized spacial score (nSPS) is 12.4.